The molecule has 4 aliphatic rings. The first-order valence-electron chi connectivity index (χ1n) is 20.5. The molecule has 17 atom stereocenters. The van der Waals surface area contributed by atoms with E-state index in [1.165, 1.54) is 14.2 Å². The molecule has 16 heteroatoms. The van der Waals surface area contributed by atoms with Gasteiger partial charge < -0.3 is 58.0 Å². The molecule has 4 fully saturated rings. The van der Waals surface area contributed by atoms with Crippen LogP contribution in [0.4, 0.5) is 9.59 Å². The third-order valence-electron chi connectivity index (χ3n) is 12.9. The van der Waals surface area contributed by atoms with E-state index in [0.29, 0.717) is 12.8 Å². The summed E-state index contributed by atoms with van der Waals surface area (Å²) in [5, 5.41) is 14.1. The third-order valence-corrected chi connectivity index (χ3v) is 12.9. The maximum atomic E-state index is 14.5. The zero-order valence-electron chi connectivity index (χ0n) is 36.7. The molecule has 0 aliphatic carbocycles. The van der Waals surface area contributed by atoms with E-state index in [4.69, 9.17) is 42.6 Å². The number of nitrogens with one attached hydrogen (secondary N) is 1. The number of amides is 1. The molecule has 0 saturated carbocycles. The van der Waals surface area contributed by atoms with Gasteiger partial charge in [0.05, 0.1) is 36.3 Å². The first kappa shape index (κ1) is 47.1. The van der Waals surface area contributed by atoms with Crippen molar-refractivity contribution in [1.82, 2.24) is 10.2 Å². The number of Topliss-reactive ketones (excluding diaryl/α,β-unsaturated/α-hetero) is 1. The molecule has 0 spiro atoms. The van der Waals surface area contributed by atoms with Gasteiger partial charge in [-0.25, -0.2) is 9.59 Å². The number of hydrogen-bond donors (Lipinski definition) is 2. The van der Waals surface area contributed by atoms with Crippen LogP contribution in [0.25, 0.3) is 0 Å². The van der Waals surface area contributed by atoms with Crippen LogP contribution in [0.5, 0.6) is 0 Å². The topological polar surface area (TPSA) is 187 Å². The first-order valence-corrected chi connectivity index (χ1v) is 20.5. The van der Waals surface area contributed by atoms with Crippen LogP contribution in [0.2, 0.25) is 0 Å². The number of esters is 1. The van der Waals surface area contributed by atoms with Gasteiger partial charge in [-0.3, -0.25) is 9.59 Å². The fourth-order valence-corrected chi connectivity index (χ4v) is 9.76. The van der Waals surface area contributed by atoms with Crippen molar-refractivity contribution in [2.24, 2.45) is 29.1 Å². The highest BCUT2D eigenvalue weighted by Crippen LogP contribution is 2.45. The van der Waals surface area contributed by atoms with Crippen molar-refractivity contribution >= 4 is 24.0 Å². The number of methoxy groups -OCH3 is 1. The van der Waals surface area contributed by atoms with E-state index < -0.39 is 114 Å². The summed E-state index contributed by atoms with van der Waals surface area (Å²) < 4.78 is 55.8. The van der Waals surface area contributed by atoms with Crippen molar-refractivity contribution in [1.29, 1.82) is 0 Å². The van der Waals surface area contributed by atoms with E-state index in [0.717, 1.165) is 0 Å². The minimum atomic E-state index is -1.46. The number of ketones is 1. The van der Waals surface area contributed by atoms with Crippen molar-refractivity contribution in [2.45, 2.75) is 181 Å². The molecule has 1 amide bonds. The Balaban J connectivity index is 1.84. The number of hydrogen-bond acceptors (Lipinski definition) is 15. The van der Waals surface area contributed by atoms with Gasteiger partial charge in [-0.15, -0.1) is 0 Å². The van der Waals surface area contributed by atoms with E-state index in [-0.39, 0.29) is 30.8 Å². The minimum absolute atomic E-state index is 0.121. The van der Waals surface area contributed by atoms with Crippen LogP contribution in [-0.4, -0.2) is 141 Å². The summed E-state index contributed by atoms with van der Waals surface area (Å²) in [7, 11) is 6.77. The second-order valence-corrected chi connectivity index (χ2v) is 18.1. The highest BCUT2D eigenvalue weighted by atomic mass is 16.8. The van der Waals surface area contributed by atoms with Crippen molar-refractivity contribution in [2.75, 3.05) is 28.3 Å². The van der Waals surface area contributed by atoms with E-state index in [1.807, 2.05) is 53.6 Å². The van der Waals surface area contributed by atoms with Crippen LogP contribution in [0.15, 0.2) is 0 Å². The third kappa shape index (κ3) is 9.90. The molecule has 0 aromatic carbocycles. The number of nitrogens with zero attached hydrogens (tertiary/aromatic N) is 1. The first-order chi connectivity index (χ1) is 26.4. The Morgan fingerprint density at radius 2 is 1.58 bits per heavy atom. The van der Waals surface area contributed by atoms with E-state index in [2.05, 4.69) is 5.32 Å². The van der Waals surface area contributed by atoms with Crippen molar-refractivity contribution in [3.8, 4) is 0 Å². The van der Waals surface area contributed by atoms with Crippen LogP contribution < -0.4 is 5.32 Å². The number of alkyl carbamates (subject to hydrolysis) is 1. The molecule has 16 unspecified atom stereocenters. The molecule has 4 rings (SSSR count). The van der Waals surface area contributed by atoms with Gasteiger partial charge in [0, 0.05) is 38.5 Å². The molecule has 2 N–H and O–H groups in total. The number of cyclic esters (lactones) is 1. The Morgan fingerprint density at radius 1 is 0.930 bits per heavy atom. The smallest absolute Gasteiger partial charge is 0.458 e. The lowest BCUT2D eigenvalue weighted by Crippen LogP contribution is -2.60. The summed E-state index contributed by atoms with van der Waals surface area (Å²) in [6.07, 6.45) is -8.80. The monoisotopic (exact) mass is 814 g/mol. The van der Waals surface area contributed by atoms with Crippen LogP contribution in [0.1, 0.15) is 102 Å². The Kier molecular flexibility index (Phi) is 15.2. The van der Waals surface area contributed by atoms with Crippen LogP contribution in [0.3, 0.4) is 0 Å². The number of likely N-dealkylation sites (N-methyl/N-ethyl adjacent to an activating group) is 1. The van der Waals surface area contributed by atoms with Crippen LogP contribution >= 0.6 is 0 Å². The van der Waals surface area contributed by atoms with Gasteiger partial charge in [0.15, 0.2) is 30.4 Å². The zero-order chi connectivity index (χ0) is 42.9. The molecule has 0 bridgehead atoms. The Bertz CT molecular complexity index is 1430. The SMILES string of the molecule is CC[C@H]1OC(=O)C(C)C(OC2CC(C)(OC)C(OC(=O)NC)C(C)O2)C(C)C(OC2OC(C)CC(N(C)C)C2O)C(C)(C)CC(C)C(=O)C(C)C2OC(=O)OC21C. The Morgan fingerprint density at radius 3 is 2.16 bits per heavy atom. The molecule has 4 aliphatic heterocycles. The summed E-state index contributed by atoms with van der Waals surface area (Å²) in [4.78, 5) is 55.8. The summed E-state index contributed by atoms with van der Waals surface area (Å²) >= 11 is 0. The molecule has 57 heavy (non-hydrogen) atoms. The average Bonchev–Trinajstić information content (AvgIpc) is 3.46. The van der Waals surface area contributed by atoms with Gasteiger partial charge in [0.2, 0.25) is 0 Å². The van der Waals surface area contributed by atoms with E-state index in [9.17, 15) is 24.3 Å². The van der Waals surface area contributed by atoms with Gasteiger partial charge in [-0.2, -0.15) is 0 Å². The Hall–Kier alpha value is -2.60. The predicted octanol–water partition coefficient (Wildman–Crippen LogP) is 4.61. The van der Waals surface area contributed by atoms with Crippen LogP contribution in [-0.2, 0) is 52.2 Å². The van der Waals surface area contributed by atoms with Gasteiger partial charge in [0.1, 0.15) is 23.6 Å². The van der Waals surface area contributed by atoms with Gasteiger partial charge in [-0.1, -0.05) is 41.5 Å². The fraction of sp³-hybridized carbons (Fsp3) is 0.902. The molecule has 0 aromatic rings. The minimum Gasteiger partial charge on any atom is -0.458 e. The summed E-state index contributed by atoms with van der Waals surface area (Å²) in [6.45, 7) is 20.0. The molecule has 16 nitrogen and oxygen atoms in total. The summed E-state index contributed by atoms with van der Waals surface area (Å²) in [5.74, 6) is -3.73. The zero-order valence-corrected chi connectivity index (χ0v) is 36.7. The van der Waals surface area contributed by atoms with Gasteiger partial charge in [-0.05, 0) is 73.4 Å². The fourth-order valence-electron chi connectivity index (χ4n) is 9.76. The lowest BCUT2D eigenvalue weighted by molar-refractivity contribution is -0.312. The van der Waals surface area contributed by atoms with Crippen molar-refractivity contribution in [3.05, 3.63) is 0 Å². The van der Waals surface area contributed by atoms with Gasteiger partial charge >= 0.3 is 18.2 Å². The lowest BCUT2D eigenvalue weighted by Gasteiger charge is -2.49. The maximum absolute atomic E-state index is 14.5. The number of aliphatic hydroxyl groups excluding tert-OH is 1. The number of carbonyl (C=O) groups excluding carboxylic acids is 4. The number of rotatable bonds is 8. The molecular weight excluding hydrogens is 744 g/mol. The lowest BCUT2D eigenvalue weighted by atomic mass is 9.69. The Labute approximate surface area is 338 Å². The highest BCUT2D eigenvalue weighted by molar-refractivity contribution is 5.84. The molecule has 4 saturated heterocycles. The standard InChI is InChI=1S/C41H70N2O14/c1-16-27-41(11)33(56-38(48)57-41)22(4)29(44)20(2)18-39(8,9)32(54-36-30(45)26(43(13)14)17-21(3)50-36)23(5)31(24(6)35(46)52-27)53-28-19-40(10,49-15)34(25(7)51-28)55-37(47)42-12/h20-28,30-34,36,45H,16-19H2,1-15H3,(H,42,47)/t20?,21?,22?,23?,24?,25?,26?,27-,28?,30?,31?,32?,33?,34?,36?,40?,41?/m1/s1. The summed E-state index contributed by atoms with van der Waals surface area (Å²) in [5.41, 5.74) is -3.32. The second-order valence-electron chi connectivity index (χ2n) is 18.1. The molecule has 0 radical (unpaired) electrons. The predicted molar refractivity (Wildman–Crippen MR) is 206 cm³/mol. The largest absolute Gasteiger partial charge is 0.509 e. The highest BCUT2D eigenvalue weighted by Gasteiger charge is 2.59. The molecule has 328 valence electrons. The molecule has 0 aromatic heterocycles. The normalized spacial score (nSPS) is 44.6. The van der Waals surface area contributed by atoms with E-state index in [1.54, 1.807) is 41.5 Å². The number of aliphatic hydroxyl groups is 1. The maximum Gasteiger partial charge on any atom is 0.509 e. The van der Waals surface area contributed by atoms with Crippen molar-refractivity contribution in [3.63, 3.8) is 0 Å². The summed E-state index contributed by atoms with van der Waals surface area (Å²) in [6, 6.07) is -0.261. The number of carbonyl (C=O) groups is 4. The molecule has 4 heterocycles. The van der Waals surface area contributed by atoms with Crippen molar-refractivity contribution < 1.29 is 66.9 Å². The quantitative estimate of drug-likeness (QED) is 0.256. The average molecular weight is 815 g/mol. The number of fused-ring (bicyclic) bond motifs is 1. The van der Waals surface area contributed by atoms with Gasteiger partial charge in [0.25, 0.3) is 0 Å². The number of ether oxygens (including phenoxy) is 9. The second kappa shape index (κ2) is 18.3. The molecular formula is C41H70N2O14. The van der Waals surface area contributed by atoms with Crippen LogP contribution in [0, 0.1) is 29.1 Å². The van der Waals surface area contributed by atoms with E-state index >= 15 is 0 Å².